The van der Waals surface area contributed by atoms with Crippen molar-refractivity contribution in [3.8, 4) is 0 Å². The lowest BCUT2D eigenvalue weighted by atomic mass is 10.1. The molecule has 276 valence electrons. The minimum absolute atomic E-state index is 0.0974. The Bertz CT molecular complexity index is 818. The molecular formula is C38H72NO7P. The number of carbonyl (C=O) groups is 1. The summed E-state index contributed by atoms with van der Waals surface area (Å²) in [7, 11) is -4.27. The number of allylic oxidation sites excluding steroid dienone is 6. The van der Waals surface area contributed by atoms with Gasteiger partial charge in [-0.05, 0) is 64.2 Å². The average molecular weight is 686 g/mol. The van der Waals surface area contributed by atoms with Crippen molar-refractivity contribution in [1.29, 1.82) is 0 Å². The van der Waals surface area contributed by atoms with Gasteiger partial charge in [0.15, 0.2) is 0 Å². The van der Waals surface area contributed by atoms with Crippen LogP contribution in [0.25, 0.3) is 0 Å². The second-order valence-electron chi connectivity index (χ2n) is 12.4. The smallest absolute Gasteiger partial charge is 0.457 e. The van der Waals surface area contributed by atoms with Gasteiger partial charge in [-0.3, -0.25) is 13.8 Å². The number of phosphoric ester groups is 1. The predicted octanol–water partition coefficient (Wildman–Crippen LogP) is 10.7. The van der Waals surface area contributed by atoms with Gasteiger partial charge in [-0.25, -0.2) is 4.57 Å². The van der Waals surface area contributed by atoms with Gasteiger partial charge in [0, 0.05) is 19.6 Å². The van der Waals surface area contributed by atoms with E-state index in [1.807, 2.05) is 0 Å². The molecule has 47 heavy (non-hydrogen) atoms. The number of ether oxygens (including phenoxy) is 2. The highest BCUT2D eigenvalue weighted by Gasteiger charge is 2.25. The number of esters is 1. The summed E-state index contributed by atoms with van der Waals surface area (Å²) in [6.07, 6.45) is 38.7. The van der Waals surface area contributed by atoms with E-state index >= 15 is 0 Å². The van der Waals surface area contributed by atoms with E-state index in [0.717, 1.165) is 57.8 Å². The fraction of sp³-hybridized carbons (Fsp3) is 0.816. The molecule has 3 N–H and O–H groups in total. The predicted molar refractivity (Wildman–Crippen MR) is 196 cm³/mol. The molecule has 0 aromatic carbocycles. The van der Waals surface area contributed by atoms with Crippen molar-refractivity contribution in [3.63, 3.8) is 0 Å². The standard InChI is InChI=1S/C38H72NO7P/c1-3-5-7-9-11-13-15-16-17-18-19-20-21-22-24-26-28-30-33-43-35-37(36-45-47(41,42)44-34-32-39)46-38(40)31-29-27-25-23-14-12-10-8-6-4-2/h8,10-11,13,16-17,37H,3-7,9,12,14-15,18-36,39H2,1-2H3,(H,41,42)/b10-8-,13-11-,17-16-. The first-order valence-corrected chi connectivity index (χ1v) is 20.5. The Hall–Kier alpha value is -1.28. The first-order valence-electron chi connectivity index (χ1n) is 19.0. The molecular weight excluding hydrogens is 613 g/mol. The molecule has 8 nitrogen and oxygen atoms in total. The van der Waals surface area contributed by atoms with Crippen LogP contribution in [0.3, 0.4) is 0 Å². The van der Waals surface area contributed by atoms with Crippen LogP contribution < -0.4 is 5.73 Å². The van der Waals surface area contributed by atoms with E-state index in [1.54, 1.807) is 0 Å². The Morgan fingerprint density at radius 3 is 1.77 bits per heavy atom. The zero-order valence-electron chi connectivity index (χ0n) is 30.3. The zero-order valence-corrected chi connectivity index (χ0v) is 31.2. The molecule has 0 saturated carbocycles. The van der Waals surface area contributed by atoms with Gasteiger partial charge < -0.3 is 20.1 Å². The van der Waals surface area contributed by atoms with Crippen molar-refractivity contribution in [3.05, 3.63) is 36.5 Å². The Morgan fingerprint density at radius 2 is 1.17 bits per heavy atom. The van der Waals surface area contributed by atoms with Gasteiger partial charge in [0.25, 0.3) is 0 Å². The van der Waals surface area contributed by atoms with Gasteiger partial charge in [-0.15, -0.1) is 0 Å². The summed E-state index contributed by atoms with van der Waals surface area (Å²) in [6, 6.07) is 0. The third kappa shape index (κ3) is 35.8. The summed E-state index contributed by atoms with van der Waals surface area (Å²) < 4.78 is 33.2. The lowest BCUT2D eigenvalue weighted by Crippen LogP contribution is -2.28. The molecule has 9 heteroatoms. The monoisotopic (exact) mass is 686 g/mol. The van der Waals surface area contributed by atoms with Crippen LogP contribution >= 0.6 is 7.82 Å². The number of hydrogen-bond donors (Lipinski definition) is 2. The fourth-order valence-corrected chi connectivity index (χ4v) is 5.73. The quantitative estimate of drug-likeness (QED) is 0.0290. The maximum Gasteiger partial charge on any atom is 0.472 e. The summed E-state index contributed by atoms with van der Waals surface area (Å²) in [5.74, 6) is -0.346. The van der Waals surface area contributed by atoms with Gasteiger partial charge in [-0.2, -0.15) is 0 Å². The molecule has 2 atom stereocenters. The van der Waals surface area contributed by atoms with E-state index in [0.29, 0.717) is 13.0 Å². The minimum atomic E-state index is -4.27. The Labute approximate surface area is 288 Å². The molecule has 0 rings (SSSR count). The van der Waals surface area contributed by atoms with Crippen molar-refractivity contribution in [2.24, 2.45) is 5.73 Å². The maximum atomic E-state index is 12.5. The molecule has 0 bridgehead atoms. The van der Waals surface area contributed by atoms with E-state index in [2.05, 4.69) is 50.3 Å². The van der Waals surface area contributed by atoms with Crippen LogP contribution in [0.5, 0.6) is 0 Å². The second kappa shape index (κ2) is 36.0. The Kier molecular flexibility index (Phi) is 35.0. The molecule has 2 unspecified atom stereocenters. The lowest BCUT2D eigenvalue weighted by Gasteiger charge is -2.20. The lowest BCUT2D eigenvalue weighted by molar-refractivity contribution is -0.154. The molecule has 0 radical (unpaired) electrons. The number of carbonyl (C=O) groups excluding carboxylic acids is 1. The number of unbranched alkanes of at least 4 members (excludes halogenated alkanes) is 17. The van der Waals surface area contributed by atoms with E-state index in [4.69, 9.17) is 24.3 Å². The van der Waals surface area contributed by atoms with Crippen LogP contribution in [0.4, 0.5) is 0 Å². The van der Waals surface area contributed by atoms with E-state index in [9.17, 15) is 14.3 Å². The number of nitrogens with two attached hydrogens (primary N) is 1. The summed E-state index contributed by atoms with van der Waals surface area (Å²) in [5, 5.41) is 0. The van der Waals surface area contributed by atoms with Crippen LogP contribution in [-0.2, 0) is 27.9 Å². The third-order valence-corrected chi connectivity index (χ3v) is 8.74. The van der Waals surface area contributed by atoms with Crippen LogP contribution in [0.1, 0.15) is 162 Å². The highest BCUT2D eigenvalue weighted by atomic mass is 31.2. The van der Waals surface area contributed by atoms with E-state index < -0.39 is 13.9 Å². The molecule has 0 aliphatic rings. The van der Waals surface area contributed by atoms with Crippen LogP contribution in [0.15, 0.2) is 36.5 Å². The van der Waals surface area contributed by atoms with Gasteiger partial charge in [-0.1, -0.05) is 127 Å². The number of rotatable bonds is 36. The van der Waals surface area contributed by atoms with Crippen LogP contribution in [0.2, 0.25) is 0 Å². The van der Waals surface area contributed by atoms with Gasteiger partial charge in [0.05, 0.1) is 19.8 Å². The van der Waals surface area contributed by atoms with Crippen molar-refractivity contribution >= 4 is 13.8 Å². The minimum Gasteiger partial charge on any atom is -0.457 e. The van der Waals surface area contributed by atoms with Crippen molar-refractivity contribution in [1.82, 2.24) is 0 Å². The molecule has 0 aliphatic heterocycles. The summed E-state index contributed by atoms with van der Waals surface area (Å²) >= 11 is 0. The van der Waals surface area contributed by atoms with Crippen LogP contribution in [-0.4, -0.2) is 49.9 Å². The van der Waals surface area contributed by atoms with Gasteiger partial charge >= 0.3 is 13.8 Å². The molecule has 0 spiro atoms. The molecule has 0 fully saturated rings. The first kappa shape index (κ1) is 45.7. The first-order chi connectivity index (χ1) is 22.9. The van der Waals surface area contributed by atoms with E-state index in [1.165, 1.54) is 83.5 Å². The topological polar surface area (TPSA) is 117 Å². The third-order valence-electron chi connectivity index (χ3n) is 7.76. The SMILES string of the molecule is CCC/C=C\CCCCCCCC(=O)OC(COCCCCCCCCCC/C=C\C/C=C\CCCCC)COP(=O)(O)OCCN. The zero-order chi connectivity index (χ0) is 34.5. The molecule has 0 saturated heterocycles. The van der Waals surface area contributed by atoms with Gasteiger partial charge in [0.2, 0.25) is 0 Å². The highest BCUT2D eigenvalue weighted by Crippen LogP contribution is 2.43. The molecule has 0 aliphatic carbocycles. The maximum absolute atomic E-state index is 12.5. The largest absolute Gasteiger partial charge is 0.472 e. The van der Waals surface area contributed by atoms with E-state index in [-0.39, 0.29) is 32.3 Å². The van der Waals surface area contributed by atoms with Crippen molar-refractivity contribution in [2.75, 3.05) is 33.0 Å². The fourth-order valence-electron chi connectivity index (χ4n) is 4.97. The molecule has 0 aromatic rings. The summed E-state index contributed by atoms with van der Waals surface area (Å²) in [4.78, 5) is 22.3. The highest BCUT2D eigenvalue weighted by molar-refractivity contribution is 7.47. The second-order valence-corrected chi connectivity index (χ2v) is 13.9. The molecule has 0 amide bonds. The number of phosphoric acid groups is 1. The number of hydrogen-bond acceptors (Lipinski definition) is 7. The van der Waals surface area contributed by atoms with Crippen molar-refractivity contribution < 1.29 is 32.8 Å². The Balaban J connectivity index is 4.05. The molecule has 0 heterocycles. The summed E-state index contributed by atoms with van der Waals surface area (Å²) in [6.45, 7) is 4.80. The molecule has 0 aromatic heterocycles. The average Bonchev–Trinajstić information content (AvgIpc) is 3.06. The summed E-state index contributed by atoms with van der Waals surface area (Å²) in [5.41, 5.74) is 5.34. The Morgan fingerprint density at radius 1 is 0.638 bits per heavy atom. The van der Waals surface area contributed by atoms with Crippen LogP contribution in [0, 0.1) is 0 Å². The van der Waals surface area contributed by atoms with Crippen molar-refractivity contribution in [2.45, 2.75) is 168 Å². The van der Waals surface area contributed by atoms with Gasteiger partial charge in [0.1, 0.15) is 6.10 Å². The normalized spacial score (nSPS) is 14.0.